The Balaban J connectivity index is 0.000000356. The molecule has 0 spiro atoms. The van der Waals surface area contributed by atoms with E-state index in [2.05, 4.69) is 61.7 Å². The second-order valence-corrected chi connectivity index (χ2v) is 9.65. The summed E-state index contributed by atoms with van der Waals surface area (Å²) in [6, 6.07) is 22.6. The summed E-state index contributed by atoms with van der Waals surface area (Å²) in [6.07, 6.45) is 8.47. The number of hydrogen-bond acceptors (Lipinski definition) is 4. The molecule has 1 radical (unpaired) electrons. The normalized spacial score (nSPS) is 14.0. The summed E-state index contributed by atoms with van der Waals surface area (Å²) in [6.45, 7) is 4.95. The maximum Gasteiger partial charge on any atom is 0.155 e. The third-order valence-corrected chi connectivity index (χ3v) is 6.81. The number of allylic oxidation sites excluding steroid dienone is 2. The van der Waals surface area contributed by atoms with Crippen LogP contribution in [0.5, 0.6) is 0 Å². The number of nitrogens with zero attached hydrogens (tertiary/aromatic N) is 1. The Morgan fingerprint density at radius 2 is 1.65 bits per heavy atom. The molecule has 37 heavy (non-hydrogen) atoms. The summed E-state index contributed by atoms with van der Waals surface area (Å²) in [5, 5.41) is 13.2. The Morgan fingerprint density at radius 3 is 2.30 bits per heavy atom. The SMILES string of the molecule is CC(=O)/C=C(/C)O.Cc1[c-]c(-c2ncc(C3CCCC3)c3ccccc23)c2oc3ccccc3c2c1.[Ir]. The second kappa shape index (κ2) is 11.4. The number of fused-ring (bicyclic) bond motifs is 4. The van der Waals surface area contributed by atoms with Gasteiger partial charge in [0, 0.05) is 37.8 Å². The van der Waals surface area contributed by atoms with Crippen LogP contribution in [-0.2, 0) is 24.9 Å². The molecule has 1 aliphatic carbocycles. The summed E-state index contributed by atoms with van der Waals surface area (Å²) in [5.41, 5.74) is 6.22. The van der Waals surface area contributed by atoms with Crippen LogP contribution in [0.4, 0.5) is 0 Å². The van der Waals surface area contributed by atoms with E-state index in [0.29, 0.717) is 5.92 Å². The average molecular weight is 669 g/mol. The standard InChI is InChI=1S/C27H22NO.C5H8O2.Ir/c1-17-14-22-20-11-6-7-13-25(20)29-27(22)23(15-17)26-21-12-5-4-10-19(21)24(16-28-26)18-8-2-3-9-18;1-4(6)3-5(2)7;/h4-7,10-14,16,18H,2-3,8-9H2,1H3;3,6H,1-2H3;/q-1;;/b;4-3-;. The number of carbonyl (C=O) groups is 1. The molecule has 5 heteroatoms. The van der Waals surface area contributed by atoms with Crippen LogP contribution in [-0.4, -0.2) is 15.9 Å². The van der Waals surface area contributed by atoms with Gasteiger partial charge in [0.05, 0.1) is 11.3 Å². The van der Waals surface area contributed by atoms with Gasteiger partial charge in [-0.05, 0) is 60.7 Å². The van der Waals surface area contributed by atoms with E-state index in [1.54, 1.807) is 0 Å². The van der Waals surface area contributed by atoms with Gasteiger partial charge < -0.3 is 14.5 Å². The zero-order valence-corrected chi connectivity index (χ0v) is 23.7. The summed E-state index contributed by atoms with van der Waals surface area (Å²) in [7, 11) is 0. The second-order valence-electron chi connectivity index (χ2n) is 9.65. The van der Waals surface area contributed by atoms with Crippen molar-refractivity contribution >= 4 is 38.5 Å². The first kappa shape index (κ1) is 26.8. The molecule has 0 amide bonds. The fraction of sp³-hybridized carbons (Fsp3) is 0.250. The quantitative estimate of drug-likeness (QED) is 0.119. The van der Waals surface area contributed by atoms with E-state index in [-0.39, 0.29) is 31.6 Å². The zero-order valence-electron chi connectivity index (χ0n) is 21.3. The first-order valence-electron chi connectivity index (χ1n) is 12.5. The Bertz CT molecular complexity index is 1610. The van der Waals surface area contributed by atoms with Gasteiger partial charge in [-0.25, -0.2) is 0 Å². The van der Waals surface area contributed by atoms with Gasteiger partial charge in [0.1, 0.15) is 5.58 Å². The number of aliphatic hydroxyl groups excluding tert-OH is 1. The molecule has 3 aromatic carbocycles. The van der Waals surface area contributed by atoms with Crippen LogP contribution in [0, 0.1) is 13.0 Å². The van der Waals surface area contributed by atoms with Crippen LogP contribution < -0.4 is 0 Å². The van der Waals surface area contributed by atoms with Gasteiger partial charge in [-0.1, -0.05) is 73.2 Å². The number of carbonyl (C=O) groups excluding carboxylic acids is 1. The van der Waals surface area contributed by atoms with Crippen molar-refractivity contribution in [2.45, 2.75) is 52.4 Å². The number of ketones is 1. The molecule has 5 aromatic rings. The van der Waals surface area contributed by atoms with Crippen LogP contribution in [0.25, 0.3) is 44.0 Å². The number of hydrogen-bond donors (Lipinski definition) is 1. The number of rotatable bonds is 3. The fourth-order valence-corrected chi connectivity index (χ4v) is 5.34. The molecule has 1 fully saturated rings. The van der Waals surface area contributed by atoms with Gasteiger partial charge in [-0.15, -0.1) is 17.7 Å². The third-order valence-electron chi connectivity index (χ3n) is 6.81. The van der Waals surface area contributed by atoms with E-state index in [1.165, 1.54) is 61.9 Å². The van der Waals surface area contributed by atoms with E-state index in [1.807, 2.05) is 12.1 Å². The maximum atomic E-state index is 10.0. The Labute approximate surface area is 230 Å². The summed E-state index contributed by atoms with van der Waals surface area (Å²) in [5.74, 6) is 0.571. The van der Waals surface area contributed by atoms with Gasteiger partial charge in [0.2, 0.25) is 0 Å². The molecule has 2 aromatic heterocycles. The predicted molar refractivity (Wildman–Crippen MR) is 146 cm³/mol. The molecule has 0 bridgehead atoms. The summed E-state index contributed by atoms with van der Waals surface area (Å²) >= 11 is 0. The molecule has 1 aliphatic rings. The van der Waals surface area contributed by atoms with E-state index in [0.717, 1.165) is 38.8 Å². The largest absolute Gasteiger partial charge is 0.512 e. The van der Waals surface area contributed by atoms with Crippen molar-refractivity contribution in [1.82, 2.24) is 4.98 Å². The van der Waals surface area contributed by atoms with Crippen molar-refractivity contribution < 1.29 is 34.4 Å². The minimum Gasteiger partial charge on any atom is -0.512 e. The topological polar surface area (TPSA) is 63.3 Å². The predicted octanol–water partition coefficient (Wildman–Crippen LogP) is 8.60. The van der Waals surface area contributed by atoms with Crippen molar-refractivity contribution in [2.75, 3.05) is 0 Å². The molecule has 4 nitrogen and oxygen atoms in total. The monoisotopic (exact) mass is 669 g/mol. The van der Waals surface area contributed by atoms with Crippen molar-refractivity contribution in [1.29, 1.82) is 0 Å². The minimum atomic E-state index is -0.125. The molecule has 0 saturated heterocycles. The molecule has 2 heterocycles. The van der Waals surface area contributed by atoms with Crippen LogP contribution in [0.1, 0.15) is 56.6 Å². The van der Waals surface area contributed by atoms with Crippen LogP contribution in [0.2, 0.25) is 0 Å². The number of benzene rings is 3. The molecule has 0 aliphatic heterocycles. The first-order valence-corrected chi connectivity index (χ1v) is 12.5. The zero-order chi connectivity index (χ0) is 25.2. The van der Waals surface area contributed by atoms with Crippen molar-refractivity contribution in [3.8, 4) is 11.3 Å². The Kier molecular flexibility index (Phi) is 8.26. The molecule has 0 atom stereocenters. The van der Waals surface area contributed by atoms with Crippen LogP contribution >= 0.6 is 0 Å². The van der Waals surface area contributed by atoms with Gasteiger partial charge >= 0.3 is 0 Å². The Hall–Kier alpha value is -3.27. The van der Waals surface area contributed by atoms with Gasteiger partial charge in [0.15, 0.2) is 5.78 Å². The average Bonchev–Trinajstić information content (AvgIpc) is 3.51. The minimum absolute atomic E-state index is 0. The maximum absolute atomic E-state index is 10.0. The Morgan fingerprint density at radius 1 is 1.00 bits per heavy atom. The van der Waals surface area contributed by atoms with Gasteiger partial charge in [-0.2, -0.15) is 0 Å². The number of pyridine rings is 1. The molecule has 191 valence electrons. The van der Waals surface area contributed by atoms with Gasteiger partial charge in [0.25, 0.3) is 0 Å². The summed E-state index contributed by atoms with van der Waals surface area (Å²) < 4.78 is 6.30. The van der Waals surface area contributed by atoms with E-state index < -0.39 is 0 Å². The molecular weight excluding hydrogens is 639 g/mol. The van der Waals surface area contributed by atoms with Crippen LogP contribution in [0.15, 0.2) is 77.0 Å². The number of aryl methyl sites for hydroxylation is 1. The van der Waals surface area contributed by atoms with Gasteiger partial charge in [-0.3, -0.25) is 4.79 Å². The first-order chi connectivity index (χ1) is 17.4. The van der Waals surface area contributed by atoms with Crippen LogP contribution in [0.3, 0.4) is 0 Å². The smallest absolute Gasteiger partial charge is 0.155 e. The summed E-state index contributed by atoms with van der Waals surface area (Å²) in [4.78, 5) is 15.0. The van der Waals surface area contributed by atoms with E-state index >= 15 is 0 Å². The van der Waals surface area contributed by atoms with E-state index in [9.17, 15) is 4.79 Å². The number of aliphatic hydroxyl groups is 1. The molecular formula is C32H30IrNO3-. The third kappa shape index (κ3) is 5.53. The van der Waals surface area contributed by atoms with Crippen molar-refractivity contribution in [3.05, 3.63) is 89.8 Å². The number of furan rings is 1. The van der Waals surface area contributed by atoms with Crippen molar-refractivity contribution in [3.63, 3.8) is 0 Å². The number of aromatic nitrogens is 1. The van der Waals surface area contributed by atoms with Crippen molar-refractivity contribution in [2.24, 2.45) is 0 Å². The molecule has 1 N–H and O–H groups in total. The fourth-order valence-electron chi connectivity index (χ4n) is 5.34. The molecule has 1 saturated carbocycles. The van der Waals surface area contributed by atoms with E-state index in [4.69, 9.17) is 14.5 Å². The number of para-hydroxylation sites is 1. The molecule has 6 rings (SSSR count). The molecule has 0 unspecified atom stereocenters.